The number of hydrogen-bond donors (Lipinski definition) is 0. The molecule has 2 atom stereocenters. The number of β-lactam (4-membered cyclic amide) rings is 1. The first-order chi connectivity index (χ1) is 23.6. The van der Waals surface area contributed by atoms with Crippen molar-refractivity contribution in [1.29, 1.82) is 0 Å². The lowest BCUT2D eigenvalue weighted by Crippen LogP contribution is -2.61. The molecular weight excluding hydrogens is 712 g/mol. The van der Waals surface area contributed by atoms with Crippen molar-refractivity contribution in [2.24, 2.45) is 4.99 Å². The molecule has 1 amide bonds. The van der Waals surface area contributed by atoms with Crippen molar-refractivity contribution in [3.05, 3.63) is 140 Å². The van der Waals surface area contributed by atoms with Crippen LogP contribution in [0.3, 0.4) is 0 Å². The van der Waals surface area contributed by atoms with E-state index in [0.717, 1.165) is 0 Å². The third-order valence-electron chi connectivity index (χ3n) is 7.55. The van der Waals surface area contributed by atoms with Crippen LogP contribution in [0.1, 0.15) is 12.5 Å². The van der Waals surface area contributed by atoms with E-state index in [9.17, 15) is 24.3 Å². The average molecular weight is 739 g/mol. The fraction of sp³-hybridized carbons (Fsp3) is 0.147. The summed E-state index contributed by atoms with van der Waals surface area (Å²) < 4.78 is 32.7. The molecule has 49 heavy (non-hydrogen) atoms. The van der Waals surface area contributed by atoms with E-state index < -0.39 is 35.6 Å². The molecule has 2 heterocycles. The van der Waals surface area contributed by atoms with Gasteiger partial charge in [-0.2, -0.15) is 0 Å². The third-order valence-corrected chi connectivity index (χ3v) is 12.3. The molecule has 4 aromatic carbocycles. The number of likely N-dealkylation sites (tertiary alicyclic amines) is 1. The van der Waals surface area contributed by atoms with Gasteiger partial charge >= 0.3 is 13.3 Å². The topological polar surface area (TPSA) is 138 Å². The summed E-state index contributed by atoms with van der Waals surface area (Å²) in [4.78, 5) is 43.8. The van der Waals surface area contributed by atoms with Crippen LogP contribution >= 0.6 is 42.3 Å². The fourth-order valence-electron chi connectivity index (χ4n) is 5.17. The number of esters is 1. The molecule has 0 N–H and O–H groups in total. The number of fused-ring (bicyclic) bond motifs is 1. The molecule has 0 saturated carbocycles. The second-order valence-corrected chi connectivity index (χ2v) is 15.0. The van der Waals surface area contributed by atoms with E-state index in [1.165, 1.54) is 60.0 Å². The normalized spacial score (nSPS) is 17.3. The van der Waals surface area contributed by atoms with E-state index in [1.54, 1.807) is 48.5 Å². The molecule has 1 saturated heterocycles. The number of amides is 1. The van der Waals surface area contributed by atoms with Gasteiger partial charge in [0.2, 0.25) is 0 Å². The van der Waals surface area contributed by atoms with E-state index in [2.05, 4.69) is 4.99 Å². The molecule has 4 aromatic rings. The van der Waals surface area contributed by atoms with Gasteiger partial charge in [-0.15, -0.1) is 0 Å². The molecule has 2 unspecified atom stereocenters. The summed E-state index contributed by atoms with van der Waals surface area (Å²) >= 11 is 14.3. The van der Waals surface area contributed by atoms with Crippen LogP contribution in [-0.2, 0) is 30.0 Å². The van der Waals surface area contributed by atoms with E-state index in [0.29, 0.717) is 16.4 Å². The summed E-state index contributed by atoms with van der Waals surface area (Å²) in [7, 11) is -4.16. The monoisotopic (exact) mass is 737 g/mol. The molecule has 0 bridgehead atoms. The molecule has 11 nitrogen and oxygen atoms in total. The quantitative estimate of drug-likeness (QED) is 0.0290. The number of halogens is 2. The lowest BCUT2D eigenvalue weighted by Gasteiger charge is -2.41. The number of nitro groups is 1. The second kappa shape index (κ2) is 14.5. The van der Waals surface area contributed by atoms with Crippen molar-refractivity contribution in [1.82, 2.24) is 4.90 Å². The second-order valence-electron chi connectivity index (χ2n) is 10.7. The molecule has 0 radical (unpaired) electrons. The smallest absolute Gasteiger partial charge is 0.358 e. The molecule has 250 valence electrons. The minimum atomic E-state index is -4.16. The summed E-state index contributed by atoms with van der Waals surface area (Å²) in [5.41, 5.74) is 0.0409. The molecule has 1 fully saturated rings. The number of carbonyl (C=O) groups is 2. The highest BCUT2D eigenvalue weighted by Crippen LogP contribution is 2.51. The Labute approximate surface area is 295 Å². The highest BCUT2D eigenvalue weighted by atomic mass is 35.5. The van der Waals surface area contributed by atoms with Crippen LogP contribution in [0.15, 0.2) is 120 Å². The zero-order chi connectivity index (χ0) is 34.7. The van der Waals surface area contributed by atoms with Gasteiger partial charge in [-0.3, -0.25) is 29.4 Å². The van der Waals surface area contributed by atoms with Gasteiger partial charge in [0.05, 0.1) is 25.6 Å². The standard InChI is InChI=1S/C34H26Cl2N3O8PS/c1-21(47-48(44,27-13-7-5-11-25(27)35)28-14-8-6-12-26(28)36)31(34(41)46-19-22-15-17-23(18-16-22)39(42)43)38-32(40)30-33(38)49-29(37-30)20-45-24-9-3-2-4-10-24/h2-18,30,33H,19-20H2,1H3. The summed E-state index contributed by atoms with van der Waals surface area (Å²) in [6.45, 7) is 1.23. The maximum absolute atomic E-state index is 15.0. The predicted octanol–water partition coefficient (Wildman–Crippen LogP) is 6.88. The zero-order valence-electron chi connectivity index (χ0n) is 25.6. The minimum Gasteiger partial charge on any atom is -0.487 e. The number of non-ortho nitro benzene ring substituents is 1. The highest BCUT2D eigenvalue weighted by molar-refractivity contribution is 8.15. The van der Waals surface area contributed by atoms with Crippen LogP contribution < -0.4 is 15.3 Å². The van der Waals surface area contributed by atoms with E-state index in [1.807, 2.05) is 18.2 Å². The van der Waals surface area contributed by atoms with Gasteiger partial charge in [0.15, 0.2) is 11.7 Å². The SMILES string of the molecule is CC(OP(=O)(c1ccccc1Cl)c1ccccc1Cl)=C(C(=O)OCc1ccc([N+](=O)[O-])cc1)N1C(=O)C2N=C(COc3ccccc3)SC21. The van der Waals surface area contributed by atoms with Gasteiger partial charge in [0.1, 0.15) is 35.1 Å². The number of nitro benzene ring substituents is 1. The fourth-order valence-corrected chi connectivity index (χ4v) is 9.51. The zero-order valence-corrected chi connectivity index (χ0v) is 28.8. The number of para-hydroxylation sites is 1. The Hall–Kier alpha value is -4.61. The number of benzene rings is 4. The van der Waals surface area contributed by atoms with Crippen molar-refractivity contribution < 1.29 is 33.1 Å². The number of nitrogens with zero attached hydrogens (tertiary/aromatic N) is 3. The van der Waals surface area contributed by atoms with Crippen molar-refractivity contribution in [2.45, 2.75) is 24.9 Å². The third kappa shape index (κ3) is 7.09. The first-order valence-corrected chi connectivity index (χ1v) is 18.0. The Balaban J connectivity index is 1.34. The number of rotatable bonds is 12. The Bertz CT molecular complexity index is 2000. The minimum absolute atomic E-state index is 0.107. The van der Waals surface area contributed by atoms with Gasteiger partial charge < -0.3 is 14.0 Å². The predicted molar refractivity (Wildman–Crippen MR) is 188 cm³/mol. The number of allylic oxidation sites excluding steroid dienone is 1. The first-order valence-electron chi connectivity index (χ1n) is 14.7. The summed E-state index contributed by atoms with van der Waals surface area (Å²) in [6, 6.07) is 26.6. The van der Waals surface area contributed by atoms with Gasteiger partial charge in [0.25, 0.3) is 11.6 Å². The van der Waals surface area contributed by atoms with E-state index in [4.69, 9.17) is 37.2 Å². The Morgan fingerprint density at radius 2 is 1.51 bits per heavy atom. The van der Waals surface area contributed by atoms with Gasteiger partial charge in [-0.1, -0.05) is 77.4 Å². The molecule has 6 rings (SSSR count). The van der Waals surface area contributed by atoms with Gasteiger partial charge in [0, 0.05) is 12.1 Å². The first kappa shape index (κ1) is 34.3. The lowest BCUT2D eigenvalue weighted by atomic mass is 10.1. The van der Waals surface area contributed by atoms with Gasteiger partial charge in [-0.05, 0) is 61.0 Å². The van der Waals surface area contributed by atoms with Crippen LogP contribution in [0, 0.1) is 10.1 Å². The molecule has 15 heteroatoms. The molecule has 0 aliphatic carbocycles. The molecule has 2 aliphatic heterocycles. The van der Waals surface area contributed by atoms with Gasteiger partial charge in [-0.25, -0.2) is 4.79 Å². The van der Waals surface area contributed by atoms with Crippen LogP contribution in [0.2, 0.25) is 10.0 Å². The molecular formula is C34H26Cl2N3O8PS. The molecule has 0 aromatic heterocycles. The number of hydrogen-bond acceptors (Lipinski definition) is 10. The number of carbonyl (C=O) groups excluding carboxylic acids is 2. The van der Waals surface area contributed by atoms with E-state index >= 15 is 0 Å². The average Bonchev–Trinajstić information content (AvgIpc) is 3.48. The Morgan fingerprint density at radius 3 is 2.10 bits per heavy atom. The van der Waals surface area contributed by atoms with Crippen molar-refractivity contribution in [2.75, 3.05) is 6.61 Å². The van der Waals surface area contributed by atoms with Crippen LogP contribution in [0.5, 0.6) is 5.75 Å². The maximum Gasteiger partial charge on any atom is 0.358 e. The Morgan fingerprint density at radius 1 is 0.918 bits per heavy atom. The summed E-state index contributed by atoms with van der Waals surface area (Å²) in [6.07, 6.45) is 0. The van der Waals surface area contributed by atoms with Crippen LogP contribution in [0.4, 0.5) is 5.69 Å². The lowest BCUT2D eigenvalue weighted by molar-refractivity contribution is -0.384. The maximum atomic E-state index is 15.0. The van der Waals surface area contributed by atoms with E-state index in [-0.39, 0.29) is 51.0 Å². The summed E-state index contributed by atoms with van der Waals surface area (Å²) in [5.74, 6) is -1.01. The van der Waals surface area contributed by atoms with Crippen molar-refractivity contribution in [3.8, 4) is 5.75 Å². The molecule has 0 spiro atoms. The van der Waals surface area contributed by atoms with Crippen molar-refractivity contribution >= 4 is 75.5 Å². The summed E-state index contributed by atoms with van der Waals surface area (Å²) in [5, 5.41) is 11.5. The van der Waals surface area contributed by atoms with Crippen LogP contribution in [0.25, 0.3) is 0 Å². The highest BCUT2D eigenvalue weighted by Gasteiger charge is 2.56. The van der Waals surface area contributed by atoms with Crippen LogP contribution in [-0.4, -0.2) is 44.8 Å². The Kier molecular flexibility index (Phi) is 10.1. The van der Waals surface area contributed by atoms with Crippen molar-refractivity contribution in [3.63, 3.8) is 0 Å². The number of ether oxygens (including phenoxy) is 2. The number of aliphatic imine (C=N–C) groups is 1. The largest absolute Gasteiger partial charge is 0.487 e. The molecule has 2 aliphatic rings. The number of thioether (sulfide) groups is 1.